The molecule has 1 heterocycles. The molecule has 0 amide bonds. The van der Waals surface area contributed by atoms with E-state index in [1.165, 1.54) is 31.4 Å². The average Bonchev–Trinajstić information content (AvgIpc) is 2.78. The van der Waals surface area contributed by atoms with Crippen molar-refractivity contribution in [3.05, 3.63) is 29.8 Å². The summed E-state index contributed by atoms with van der Waals surface area (Å²) in [5, 5.41) is 3.77. The maximum Gasteiger partial charge on any atom is 0.119 e. The van der Waals surface area contributed by atoms with Crippen molar-refractivity contribution in [2.45, 2.75) is 65.0 Å². The predicted octanol–water partition coefficient (Wildman–Crippen LogP) is 4.18. The second-order valence-electron chi connectivity index (χ2n) is 6.90. The summed E-state index contributed by atoms with van der Waals surface area (Å²) in [6.45, 7) is 9.94. The molecule has 2 heteroatoms. The molecule has 0 spiro atoms. The first kappa shape index (κ1) is 15.4. The van der Waals surface area contributed by atoms with Gasteiger partial charge in [-0.05, 0) is 69.7 Å². The third-order valence-corrected chi connectivity index (χ3v) is 3.97. The summed E-state index contributed by atoms with van der Waals surface area (Å²) >= 11 is 0. The molecule has 1 atom stereocenters. The molecule has 0 radical (unpaired) electrons. The molecule has 1 aliphatic heterocycles. The molecule has 112 valence electrons. The SMILES string of the molecule is CC(C)CC1(Cc2ccc(OC(C)C)cc2)CCCN1. The third kappa shape index (κ3) is 4.24. The van der Waals surface area contributed by atoms with Gasteiger partial charge < -0.3 is 10.1 Å². The summed E-state index contributed by atoms with van der Waals surface area (Å²) < 4.78 is 5.71. The van der Waals surface area contributed by atoms with Gasteiger partial charge in [-0.2, -0.15) is 0 Å². The number of rotatable bonds is 6. The zero-order chi connectivity index (χ0) is 14.6. The van der Waals surface area contributed by atoms with Crippen LogP contribution in [-0.2, 0) is 6.42 Å². The average molecular weight is 275 g/mol. The van der Waals surface area contributed by atoms with Crippen LogP contribution in [0.2, 0.25) is 0 Å². The first-order valence-electron chi connectivity index (χ1n) is 8.00. The molecular formula is C18H29NO. The molecule has 0 aliphatic carbocycles. The van der Waals surface area contributed by atoms with E-state index in [0.717, 1.165) is 18.1 Å². The minimum absolute atomic E-state index is 0.240. The maximum atomic E-state index is 5.71. The molecule has 1 fully saturated rings. The number of hydrogen-bond donors (Lipinski definition) is 1. The van der Waals surface area contributed by atoms with Crippen molar-refractivity contribution < 1.29 is 4.74 Å². The van der Waals surface area contributed by atoms with E-state index in [9.17, 15) is 0 Å². The van der Waals surface area contributed by atoms with Crippen molar-refractivity contribution in [3.63, 3.8) is 0 Å². The van der Waals surface area contributed by atoms with E-state index >= 15 is 0 Å². The van der Waals surface area contributed by atoms with Gasteiger partial charge in [-0.25, -0.2) is 0 Å². The lowest BCUT2D eigenvalue weighted by molar-refractivity contribution is 0.242. The second-order valence-corrected chi connectivity index (χ2v) is 6.90. The summed E-state index contributed by atoms with van der Waals surface area (Å²) in [4.78, 5) is 0. The number of nitrogens with one attached hydrogen (secondary N) is 1. The van der Waals surface area contributed by atoms with Gasteiger partial charge in [0.15, 0.2) is 0 Å². The van der Waals surface area contributed by atoms with Crippen molar-refractivity contribution >= 4 is 0 Å². The van der Waals surface area contributed by atoms with Gasteiger partial charge in [0.1, 0.15) is 5.75 Å². The number of benzene rings is 1. The van der Waals surface area contributed by atoms with Gasteiger partial charge in [0.25, 0.3) is 0 Å². The van der Waals surface area contributed by atoms with Crippen molar-refractivity contribution in [1.82, 2.24) is 5.32 Å². The van der Waals surface area contributed by atoms with Gasteiger partial charge in [-0.15, -0.1) is 0 Å². The lowest BCUT2D eigenvalue weighted by Gasteiger charge is -2.32. The summed E-state index contributed by atoms with van der Waals surface area (Å²) in [5.41, 5.74) is 1.73. The Morgan fingerprint density at radius 1 is 1.15 bits per heavy atom. The van der Waals surface area contributed by atoms with Gasteiger partial charge in [0, 0.05) is 5.54 Å². The zero-order valence-corrected chi connectivity index (χ0v) is 13.4. The highest BCUT2D eigenvalue weighted by molar-refractivity contribution is 5.29. The first-order valence-corrected chi connectivity index (χ1v) is 8.00. The summed E-state index contributed by atoms with van der Waals surface area (Å²) in [7, 11) is 0. The molecule has 1 aliphatic rings. The monoisotopic (exact) mass is 275 g/mol. The molecule has 2 nitrogen and oxygen atoms in total. The Labute approximate surface area is 123 Å². The van der Waals surface area contributed by atoms with Gasteiger partial charge >= 0.3 is 0 Å². The standard InChI is InChI=1S/C18H29NO/c1-14(2)12-18(10-5-11-19-18)13-16-6-8-17(9-7-16)20-15(3)4/h6-9,14-15,19H,5,10-13H2,1-4H3. The lowest BCUT2D eigenvalue weighted by atomic mass is 9.82. The normalized spacial score (nSPS) is 22.7. The molecular weight excluding hydrogens is 246 g/mol. The van der Waals surface area contributed by atoms with Crippen LogP contribution in [-0.4, -0.2) is 18.2 Å². The quantitative estimate of drug-likeness (QED) is 0.840. The fraction of sp³-hybridized carbons (Fsp3) is 0.667. The van der Waals surface area contributed by atoms with E-state index in [-0.39, 0.29) is 6.10 Å². The summed E-state index contributed by atoms with van der Waals surface area (Å²) in [5.74, 6) is 1.71. The van der Waals surface area contributed by atoms with Crippen LogP contribution in [0.5, 0.6) is 5.75 Å². The Morgan fingerprint density at radius 3 is 2.35 bits per heavy atom. The van der Waals surface area contributed by atoms with E-state index in [1.807, 2.05) is 0 Å². The van der Waals surface area contributed by atoms with Crippen LogP contribution < -0.4 is 10.1 Å². The molecule has 1 N–H and O–H groups in total. The Morgan fingerprint density at radius 2 is 1.85 bits per heavy atom. The lowest BCUT2D eigenvalue weighted by Crippen LogP contribution is -2.43. The molecule has 1 aromatic carbocycles. The number of hydrogen-bond acceptors (Lipinski definition) is 2. The molecule has 0 bridgehead atoms. The highest BCUT2D eigenvalue weighted by Crippen LogP contribution is 2.31. The molecule has 1 saturated heterocycles. The van der Waals surface area contributed by atoms with E-state index in [1.54, 1.807) is 0 Å². The molecule has 2 rings (SSSR count). The Kier molecular flexibility index (Phi) is 5.09. The smallest absolute Gasteiger partial charge is 0.119 e. The van der Waals surface area contributed by atoms with Gasteiger partial charge in [0.05, 0.1) is 6.10 Å². The van der Waals surface area contributed by atoms with Crippen LogP contribution in [0.4, 0.5) is 0 Å². The number of ether oxygens (including phenoxy) is 1. The van der Waals surface area contributed by atoms with Crippen molar-refractivity contribution in [1.29, 1.82) is 0 Å². The zero-order valence-electron chi connectivity index (χ0n) is 13.4. The molecule has 0 saturated carbocycles. The van der Waals surface area contributed by atoms with Crippen LogP contribution in [0, 0.1) is 5.92 Å². The van der Waals surface area contributed by atoms with Gasteiger partial charge in [-0.3, -0.25) is 0 Å². The Balaban J connectivity index is 2.03. The summed E-state index contributed by atoms with van der Waals surface area (Å²) in [6.07, 6.45) is 5.24. The van der Waals surface area contributed by atoms with Crippen molar-refractivity contribution in [2.24, 2.45) is 5.92 Å². The molecule has 0 aromatic heterocycles. The van der Waals surface area contributed by atoms with Crippen molar-refractivity contribution in [3.8, 4) is 5.75 Å². The minimum Gasteiger partial charge on any atom is -0.491 e. The first-order chi connectivity index (χ1) is 9.49. The third-order valence-electron chi connectivity index (χ3n) is 3.97. The fourth-order valence-corrected chi connectivity index (χ4v) is 3.40. The van der Waals surface area contributed by atoms with Gasteiger partial charge in [0.2, 0.25) is 0 Å². The molecule has 1 unspecified atom stereocenters. The second kappa shape index (κ2) is 6.62. The van der Waals surface area contributed by atoms with E-state index < -0.39 is 0 Å². The van der Waals surface area contributed by atoms with Gasteiger partial charge in [-0.1, -0.05) is 26.0 Å². The Bertz CT molecular complexity index is 402. The van der Waals surface area contributed by atoms with Crippen LogP contribution >= 0.6 is 0 Å². The van der Waals surface area contributed by atoms with E-state index in [0.29, 0.717) is 5.54 Å². The van der Waals surface area contributed by atoms with Crippen LogP contribution in [0.3, 0.4) is 0 Å². The highest BCUT2D eigenvalue weighted by atomic mass is 16.5. The largest absolute Gasteiger partial charge is 0.491 e. The van der Waals surface area contributed by atoms with Crippen LogP contribution in [0.15, 0.2) is 24.3 Å². The topological polar surface area (TPSA) is 21.3 Å². The molecule has 20 heavy (non-hydrogen) atoms. The van der Waals surface area contributed by atoms with Crippen molar-refractivity contribution in [2.75, 3.05) is 6.54 Å². The summed E-state index contributed by atoms with van der Waals surface area (Å²) in [6, 6.07) is 8.65. The Hall–Kier alpha value is -1.02. The van der Waals surface area contributed by atoms with E-state index in [4.69, 9.17) is 4.74 Å². The highest BCUT2D eigenvalue weighted by Gasteiger charge is 2.33. The predicted molar refractivity (Wildman–Crippen MR) is 85.3 cm³/mol. The van der Waals surface area contributed by atoms with Crippen LogP contribution in [0.25, 0.3) is 0 Å². The fourth-order valence-electron chi connectivity index (χ4n) is 3.40. The minimum atomic E-state index is 0.240. The maximum absolute atomic E-state index is 5.71. The van der Waals surface area contributed by atoms with Crippen LogP contribution in [0.1, 0.15) is 52.5 Å². The van der Waals surface area contributed by atoms with E-state index in [2.05, 4.69) is 57.3 Å². The molecule has 1 aromatic rings.